The van der Waals surface area contributed by atoms with Gasteiger partial charge in [-0.15, -0.1) is 0 Å². The third-order valence-corrected chi connectivity index (χ3v) is 3.84. The van der Waals surface area contributed by atoms with Gasteiger partial charge in [0, 0.05) is 11.6 Å². The summed E-state index contributed by atoms with van der Waals surface area (Å²) in [6.45, 7) is 3.34. The van der Waals surface area contributed by atoms with Crippen molar-refractivity contribution in [3.63, 3.8) is 0 Å². The van der Waals surface area contributed by atoms with E-state index in [1.807, 2.05) is 18.2 Å². The van der Waals surface area contributed by atoms with Gasteiger partial charge in [0.15, 0.2) is 0 Å². The first-order chi connectivity index (χ1) is 7.66. The van der Waals surface area contributed by atoms with Gasteiger partial charge in [-0.1, -0.05) is 31.4 Å². The van der Waals surface area contributed by atoms with Crippen molar-refractivity contribution < 1.29 is 0 Å². The van der Waals surface area contributed by atoms with Crippen molar-refractivity contribution in [2.24, 2.45) is 11.8 Å². The van der Waals surface area contributed by atoms with E-state index in [0.29, 0.717) is 0 Å². The molecule has 3 heteroatoms. The van der Waals surface area contributed by atoms with Crippen molar-refractivity contribution in [2.45, 2.75) is 26.2 Å². The van der Waals surface area contributed by atoms with E-state index in [1.165, 1.54) is 19.3 Å². The Morgan fingerprint density at radius 1 is 1.44 bits per heavy atom. The topological polar surface area (TPSA) is 38.0 Å². The molecule has 1 aromatic carbocycles. The van der Waals surface area contributed by atoms with Crippen molar-refractivity contribution in [3.05, 3.63) is 23.2 Å². The van der Waals surface area contributed by atoms with Crippen LogP contribution in [0.1, 0.15) is 26.2 Å². The molecule has 16 heavy (non-hydrogen) atoms. The van der Waals surface area contributed by atoms with E-state index in [1.54, 1.807) is 0 Å². The van der Waals surface area contributed by atoms with Gasteiger partial charge in [0.05, 0.1) is 11.4 Å². The molecule has 0 amide bonds. The highest BCUT2D eigenvalue weighted by Gasteiger charge is 2.22. The van der Waals surface area contributed by atoms with Crippen molar-refractivity contribution in [2.75, 3.05) is 17.6 Å². The molecule has 88 valence electrons. The SMILES string of the molecule is CC1CCCC1CNc1cc(Cl)ccc1N. The average Bonchev–Trinajstić information content (AvgIpc) is 2.66. The highest BCUT2D eigenvalue weighted by Crippen LogP contribution is 2.32. The Balaban J connectivity index is 1.96. The van der Waals surface area contributed by atoms with E-state index in [2.05, 4.69) is 12.2 Å². The van der Waals surface area contributed by atoms with Gasteiger partial charge in [-0.25, -0.2) is 0 Å². The molecule has 0 bridgehead atoms. The third-order valence-electron chi connectivity index (χ3n) is 3.61. The minimum absolute atomic E-state index is 0.733. The summed E-state index contributed by atoms with van der Waals surface area (Å²) >= 11 is 5.95. The van der Waals surface area contributed by atoms with Crippen molar-refractivity contribution >= 4 is 23.0 Å². The largest absolute Gasteiger partial charge is 0.397 e. The van der Waals surface area contributed by atoms with Gasteiger partial charge in [-0.2, -0.15) is 0 Å². The van der Waals surface area contributed by atoms with Crippen molar-refractivity contribution in [1.29, 1.82) is 0 Å². The van der Waals surface area contributed by atoms with Crippen LogP contribution in [0.2, 0.25) is 5.02 Å². The molecule has 1 aromatic rings. The standard InChI is InChI=1S/C13H19ClN2/c1-9-3-2-4-10(9)8-16-13-7-11(14)5-6-12(13)15/h5-7,9-10,16H,2-4,8,15H2,1H3. The lowest BCUT2D eigenvalue weighted by Crippen LogP contribution is -2.17. The van der Waals surface area contributed by atoms with Crippen LogP contribution in [-0.4, -0.2) is 6.54 Å². The Morgan fingerprint density at radius 3 is 2.94 bits per heavy atom. The molecule has 2 rings (SSSR count). The number of nitrogen functional groups attached to an aromatic ring is 1. The van der Waals surface area contributed by atoms with Crippen LogP contribution in [-0.2, 0) is 0 Å². The van der Waals surface area contributed by atoms with E-state index in [-0.39, 0.29) is 0 Å². The van der Waals surface area contributed by atoms with E-state index in [9.17, 15) is 0 Å². The van der Waals surface area contributed by atoms with Crippen LogP contribution in [0.5, 0.6) is 0 Å². The molecule has 0 spiro atoms. The summed E-state index contributed by atoms with van der Waals surface area (Å²) in [5.74, 6) is 1.60. The van der Waals surface area contributed by atoms with Gasteiger partial charge in [0.1, 0.15) is 0 Å². The summed E-state index contributed by atoms with van der Waals surface area (Å²) in [7, 11) is 0. The Morgan fingerprint density at radius 2 is 2.25 bits per heavy atom. The summed E-state index contributed by atoms with van der Waals surface area (Å²) in [5, 5.41) is 4.15. The lowest BCUT2D eigenvalue weighted by atomic mass is 9.98. The monoisotopic (exact) mass is 238 g/mol. The number of nitrogens with two attached hydrogens (primary N) is 1. The van der Waals surface area contributed by atoms with Crippen LogP contribution in [0.25, 0.3) is 0 Å². The van der Waals surface area contributed by atoms with Crippen molar-refractivity contribution in [1.82, 2.24) is 0 Å². The highest BCUT2D eigenvalue weighted by molar-refractivity contribution is 6.31. The predicted octanol–water partition coefficient (Wildman–Crippen LogP) is 3.77. The molecule has 0 saturated heterocycles. The zero-order chi connectivity index (χ0) is 11.5. The van der Waals surface area contributed by atoms with E-state index in [0.717, 1.165) is 34.8 Å². The fraction of sp³-hybridized carbons (Fsp3) is 0.538. The van der Waals surface area contributed by atoms with Crippen LogP contribution in [0.4, 0.5) is 11.4 Å². The fourth-order valence-electron chi connectivity index (χ4n) is 2.45. The maximum atomic E-state index is 5.95. The van der Waals surface area contributed by atoms with Gasteiger partial charge >= 0.3 is 0 Å². The number of anilines is 2. The molecule has 1 aliphatic rings. The minimum atomic E-state index is 0.733. The highest BCUT2D eigenvalue weighted by atomic mass is 35.5. The molecule has 1 aliphatic carbocycles. The Bertz CT molecular complexity index is 365. The van der Waals surface area contributed by atoms with E-state index >= 15 is 0 Å². The van der Waals surface area contributed by atoms with Crippen LogP contribution >= 0.6 is 11.6 Å². The van der Waals surface area contributed by atoms with E-state index in [4.69, 9.17) is 17.3 Å². The summed E-state index contributed by atoms with van der Waals surface area (Å²) in [4.78, 5) is 0. The first kappa shape index (κ1) is 11.6. The van der Waals surface area contributed by atoms with Crippen LogP contribution in [0.3, 0.4) is 0 Å². The molecule has 0 aliphatic heterocycles. The molecule has 3 N–H and O–H groups in total. The number of hydrogen-bond donors (Lipinski definition) is 2. The molecular formula is C13H19ClN2. The second-order valence-electron chi connectivity index (χ2n) is 4.78. The molecule has 2 unspecified atom stereocenters. The number of halogens is 1. The number of benzene rings is 1. The number of hydrogen-bond acceptors (Lipinski definition) is 2. The first-order valence-corrected chi connectivity index (χ1v) is 6.33. The second-order valence-corrected chi connectivity index (χ2v) is 5.22. The van der Waals surface area contributed by atoms with Crippen LogP contribution in [0, 0.1) is 11.8 Å². The molecule has 1 fully saturated rings. The lowest BCUT2D eigenvalue weighted by molar-refractivity contribution is 0.440. The Hall–Kier alpha value is -0.890. The molecule has 0 radical (unpaired) electrons. The molecule has 0 aromatic heterocycles. The Labute approximate surface area is 102 Å². The smallest absolute Gasteiger partial charge is 0.0588 e. The second kappa shape index (κ2) is 4.96. The predicted molar refractivity (Wildman–Crippen MR) is 70.9 cm³/mol. The maximum Gasteiger partial charge on any atom is 0.0588 e. The Kier molecular flexibility index (Phi) is 3.59. The van der Waals surface area contributed by atoms with Gasteiger partial charge in [0.2, 0.25) is 0 Å². The molecule has 1 saturated carbocycles. The zero-order valence-electron chi connectivity index (χ0n) is 9.67. The first-order valence-electron chi connectivity index (χ1n) is 5.95. The quantitative estimate of drug-likeness (QED) is 0.787. The fourth-order valence-corrected chi connectivity index (χ4v) is 2.62. The maximum absolute atomic E-state index is 5.95. The minimum Gasteiger partial charge on any atom is -0.397 e. The summed E-state index contributed by atoms with van der Waals surface area (Å²) in [6.07, 6.45) is 4.05. The average molecular weight is 239 g/mol. The normalized spacial score (nSPS) is 24.6. The third kappa shape index (κ3) is 2.62. The molecule has 2 nitrogen and oxygen atoms in total. The van der Waals surface area contributed by atoms with Gasteiger partial charge in [-0.3, -0.25) is 0 Å². The summed E-state index contributed by atoms with van der Waals surface area (Å²) in [5.41, 5.74) is 7.63. The number of nitrogens with one attached hydrogen (secondary N) is 1. The van der Waals surface area contributed by atoms with Crippen molar-refractivity contribution in [3.8, 4) is 0 Å². The molecule has 0 heterocycles. The van der Waals surface area contributed by atoms with Gasteiger partial charge < -0.3 is 11.1 Å². The number of rotatable bonds is 3. The van der Waals surface area contributed by atoms with Crippen LogP contribution in [0.15, 0.2) is 18.2 Å². The van der Waals surface area contributed by atoms with Crippen LogP contribution < -0.4 is 11.1 Å². The summed E-state index contributed by atoms with van der Waals surface area (Å²) in [6, 6.07) is 5.57. The molecule has 2 atom stereocenters. The summed E-state index contributed by atoms with van der Waals surface area (Å²) < 4.78 is 0. The van der Waals surface area contributed by atoms with Gasteiger partial charge in [-0.05, 0) is 36.5 Å². The zero-order valence-corrected chi connectivity index (χ0v) is 10.4. The lowest BCUT2D eigenvalue weighted by Gasteiger charge is -2.17. The van der Waals surface area contributed by atoms with E-state index < -0.39 is 0 Å². The van der Waals surface area contributed by atoms with Gasteiger partial charge in [0.25, 0.3) is 0 Å². The molecular weight excluding hydrogens is 220 g/mol.